The quantitative estimate of drug-likeness (QED) is 0.908. The Bertz CT molecular complexity index is 720. The molecule has 0 spiro atoms. The molecule has 6 heteroatoms. The third-order valence-corrected chi connectivity index (χ3v) is 5.78. The second-order valence-corrected chi connectivity index (χ2v) is 7.88. The van der Waals surface area contributed by atoms with Gasteiger partial charge in [0, 0.05) is 17.5 Å². The van der Waals surface area contributed by atoms with Crippen molar-refractivity contribution in [3.05, 3.63) is 51.7 Å². The Kier molecular flexibility index (Phi) is 4.12. The summed E-state index contributed by atoms with van der Waals surface area (Å²) in [7, 11) is -3.61. The molecule has 1 aromatic heterocycles. The number of hydrogen-bond donors (Lipinski definition) is 2. The van der Waals surface area contributed by atoms with E-state index < -0.39 is 10.0 Å². The molecule has 4 nitrogen and oxygen atoms in total. The van der Waals surface area contributed by atoms with Crippen molar-refractivity contribution in [2.45, 2.75) is 36.7 Å². The molecule has 0 amide bonds. The van der Waals surface area contributed by atoms with Crippen LogP contribution in [0.25, 0.3) is 0 Å². The molecular formula is C15H18N2O2S2. The predicted octanol–water partition coefficient (Wildman–Crippen LogP) is 2.56. The fourth-order valence-corrected chi connectivity index (χ4v) is 4.24. The summed E-state index contributed by atoms with van der Waals surface area (Å²) in [5, 5.41) is 10.8. The number of nitrogens with one attached hydrogen (secondary N) is 1. The van der Waals surface area contributed by atoms with Crippen LogP contribution in [0.2, 0.25) is 0 Å². The maximum atomic E-state index is 11.2. The van der Waals surface area contributed by atoms with E-state index in [-0.39, 0.29) is 4.90 Å². The highest BCUT2D eigenvalue weighted by molar-refractivity contribution is 7.89. The van der Waals surface area contributed by atoms with Crippen LogP contribution in [0.3, 0.4) is 0 Å². The number of sulfonamides is 1. The van der Waals surface area contributed by atoms with Gasteiger partial charge in [0.05, 0.1) is 4.90 Å². The summed E-state index contributed by atoms with van der Waals surface area (Å²) in [4.78, 5) is 1.65. The molecule has 1 aliphatic carbocycles. The van der Waals surface area contributed by atoms with Crippen LogP contribution >= 0.6 is 11.3 Å². The van der Waals surface area contributed by atoms with Gasteiger partial charge >= 0.3 is 0 Å². The van der Waals surface area contributed by atoms with Crippen molar-refractivity contribution in [3.8, 4) is 0 Å². The van der Waals surface area contributed by atoms with Crippen LogP contribution in [0.5, 0.6) is 0 Å². The molecule has 112 valence electrons. The van der Waals surface area contributed by atoms with Crippen LogP contribution in [0.4, 0.5) is 0 Å². The Hall–Kier alpha value is -1.21. The maximum Gasteiger partial charge on any atom is 0.238 e. The van der Waals surface area contributed by atoms with Gasteiger partial charge in [-0.1, -0.05) is 12.1 Å². The number of primary sulfonamides is 1. The zero-order valence-corrected chi connectivity index (χ0v) is 13.2. The van der Waals surface area contributed by atoms with Gasteiger partial charge < -0.3 is 5.32 Å². The van der Waals surface area contributed by atoms with E-state index in [1.54, 1.807) is 12.1 Å². The number of rotatable bonds is 4. The number of fused-ring (bicyclic) bond motifs is 1. The highest BCUT2D eigenvalue weighted by atomic mass is 32.2. The van der Waals surface area contributed by atoms with Crippen molar-refractivity contribution in [3.63, 3.8) is 0 Å². The van der Waals surface area contributed by atoms with Gasteiger partial charge in [-0.3, -0.25) is 0 Å². The van der Waals surface area contributed by atoms with E-state index in [9.17, 15) is 8.42 Å². The molecule has 1 aromatic carbocycles. The van der Waals surface area contributed by atoms with E-state index in [4.69, 9.17) is 5.14 Å². The van der Waals surface area contributed by atoms with Crippen molar-refractivity contribution in [2.24, 2.45) is 5.14 Å². The fourth-order valence-electron chi connectivity index (χ4n) is 2.74. The molecule has 21 heavy (non-hydrogen) atoms. The summed E-state index contributed by atoms with van der Waals surface area (Å²) in [6, 6.07) is 9.35. The summed E-state index contributed by atoms with van der Waals surface area (Å²) in [6.45, 7) is 0.727. The number of hydrogen-bond acceptors (Lipinski definition) is 4. The van der Waals surface area contributed by atoms with Gasteiger partial charge in [-0.2, -0.15) is 0 Å². The molecule has 1 heterocycles. The summed E-state index contributed by atoms with van der Waals surface area (Å²) >= 11 is 1.83. The number of thiophene rings is 1. The minimum atomic E-state index is -3.61. The third-order valence-electron chi connectivity index (χ3n) is 3.86. The van der Waals surface area contributed by atoms with Crippen molar-refractivity contribution in [2.75, 3.05) is 0 Å². The Balaban J connectivity index is 1.67. The monoisotopic (exact) mass is 322 g/mol. The molecule has 0 fully saturated rings. The van der Waals surface area contributed by atoms with Crippen molar-refractivity contribution in [1.82, 2.24) is 5.32 Å². The van der Waals surface area contributed by atoms with Gasteiger partial charge in [0.25, 0.3) is 0 Å². The minimum Gasteiger partial charge on any atom is -0.306 e. The highest BCUT2D eigenvalue weighted by Gasteiger charge is 2.20. The lowest BCUT2D eigenvalue weighted by molar-refractivity contribution is 0.463. The smallest absolute Gasteiger partial charge is 0.238 e. The Morgan fingerprint density at radius 2 is 2.00 bits per heavy atom. The average molecular weight is 322 g/mol. The van der Waals surface area contributed by atoms with Crippen LogP contribution in [-0.2, 0) is 23.0 Å². The number of nitrogens with two attached hydrogens (primary N) is 1. The van der Waals surface area contributed by atoms with E-state index >= 15 is 0 Å². The first-order valence-corrected chi connectivity index (χ1v) is 9.38. The molecule has 2 aromatic rings. The topological polar surface area (TPSA) is 72.2 Å². The normalized spacial score (nSPS) is 18.4. The standard InChI is InChI=1S/C15H18N2O2S2/c16-21(18,19)12-6-4-11(5-7-12)10-17-14-2-1-3-15-13(14)8-9-20-15/h4-9,14,17H,1-3,10H2,(H2,16,18,19). The molecule has 1 atom stereocenters. The predicted molar refractivity (Wildman–Crippen MR) is 84.7 cm³/mol. The summed E-state index contributed by atoms with van der Waals surface area (Å²) in [5.41, 5.74) is 2.48. The van der Waals surface area contributed by atoms with Crippen molar-refractivity contribution in [1.29, 1.82) is 0 Å². The van der Waals surface area contributed by atoms with Crippen LogP contribution in [0, 0.1) is 0 Å². The maximum absolute atomic E-state index is 11.2. The Morgan fingerprint density at radius 1 is 1.24 bits per heavy atom. The second kappa shape index (κ2) is 5.88. The number of aryl methyl sites for hydroxylation is 1. The SMILES string of the molecule is NS(=O)(=O)c1ccc(CNC2CCCc3sccc32)cc1. The molecule has 1 unspecified atom stereocenters. The van der Waals surface area contributed by atoms with Gasteiger partial charge in [-0.05, 0) is 54.0 Å². The van der Waals surface area contributed by atoms with Crippen molar-refractivity contribution >= 4 is 21.4 Å². The molecule has 0 aliphatic heterocycles. The average Bonchev–Trinajstić information content (AvgIpc) is 2.93. The fraction of sp³-hybridized carbons (Fsp3) is 0.333. The first-order valence-electron chi connectivity index (χ1n) is 6.95. The van der Waals surface area contributed by atoms with Gasteiger partial charge in [-0.25, -0.2) is 13.6 Å². The zero-order valence-electron chi connectivity index (χ0n) is 11.6. The first kappa shape index (κ1) is 14.7. The number of benzene rings is 1. The van der Waals surface area contributed by atoms with Crippen LogP contribution in [0.15, 0.2) is 40.6 Å². The molecule has 0 radical (unpaired) electrons. The highest BCUT2D eigenvalue weighted by Crippen LogP contribution is 2.33. The second-order valence-electron chi connectivity index (χ2n) is 5.31. The lowest BCUT2D eigenvalue weighted by Gasteiger charge is -2.23. The Labute approximate surface area is 129 Å². The van der Waals surface area contributed by atoms with Gasteiger partial charge in [0.2, 0.25) is 10.0 Å². The van der Waals surface area contributed by atoms with Crippen molar-refractivity contribution < 1.29 is 8.42 Å². The van der Waals surface area contributed by atoms with Crippen LogP contribution in [-0.4, -0.2) is 8.42 Å². The van der Waals surface area contributed by atoms with E-state index in [1.165, 1.54) is 23.3 Å². The van der Waals surface area contributed by atoms with E-state index in [1.807, 2.05) is 23.5 Å². The molecular weight excluding hydrogens is 304 g/mol. The third kappa shape index (κ3) is 3.35. The first-order chi connectivity index (χ1) is 10.0. The molecule has 1 aliphatic rings. The lowest BCUT2D eigenvalue weighted by Crippen LogP contribution is -2.23. The molecule has 3 N–H and O–H groups in total. The summed E-state index contributed by atoms with van der Waals surface area (Å²) < 4.78 is 22.4. The van der Waals surface area contributed by atoms with Crippen LogP contribution in [0.1, 0.15) is 34.9 Å². The lowest BCUT2D eigenvalue weighted by atomic mass is 9.94. The largest absolute Gasteiger partial charge is 0.306 e. The summed E-state index contributed by atoms with van der Waals surface area (Å²) in [5.74, 6) is 0. The van der Waals surface area contributed by atoms with Crippen LogP contribution < -0.4 is 10.5 Å². The van der Waals surface area contributed by atoms with Gasteiger partial charge in [-0.15, -0.1) is 11.3 Å². The Morgan fingerprint density at radius 3 is 2.71 bits per heavy atom. The van der Waals surface area contributed by atoms with E-state index in [2.05, 4.69) is 16.8 Å². The zero-order chi connectivity index (χ0) is 14.9. The molecule has 3 rings (SSSR count). The summed E-state index contributed by atoms with van der Waals surface area (Å²) in [6.07, 6.45) is 3.56. The van der Waals surface area contributed by atoms with E-state index in [0.717, 1.165) is 18.5 Å². The van der Waals surface area contributed by atoms with Gasteiger partial charge in [0.15, 0.2) is 0 Å². The molecule has 0 saturated carbocycles. The van der Waals surface area contributed by atoms with E-state index in [0.29, 0.717) is 6.04 Å². The minimum absolute atomic E-state index is 0.157. The molecule has 0 bridgehead atoms. The van der Waals surface area contributed by atoms with Gasteiger partial charge in [0.1, 0.15) is 0 Å². The molecule has 0 saturated heterocycles.